The van der Waals surface area contributed by atoms with E-state index >= 15 is 0 Å². The first-order valence-corrected chi connectivity index (χ1v) is 7.67. The second-order valence-electron chi connectivity index (χ2n) is 4.83. The lowest BCUT2D eigenvalue weighted by Gasteiger charge is -2.16. The molecule has 3 heteroatoms. The highest BCUT2D eigenvalue weighted by Gasteiger charge is 2.11. The van der Waals surface area contributed by atoms with Crippen molar-refractivity contribution in [2.45, 2.75) is 45.6 Å². The van der Waals surface area contributed by atoms with Gasteiger partial charge in [0.2, 0.25) is 0 Å². The van der Waals surface area contributed by atoms with Crippen LogP contribution in [-0.4, -0.2) is 17.3 Å². The van der Waals surface area contributed by atoms with Crippen LogP contribution in [0.2, 0.25) is 0 Å². The van der Waals surface area contributed by atoms with Crippen molar-refractivity contribution in [2.75, 3.05) is 5.33 Å². The zero-order valence-electron chi connectivity index (χ0n) is 11.4. The average molecular weight is 312 g/mol. The molecule has 1 unspecified atom stereocenters. The molecule has 1 rings (SSSR count). The Morgan fingerprint density at radius 1 is 1.28 bits per heavy atom. The van der Waals surface area contributed by atoms with E-state index < -0.39 is 0 Å². The van der Waals surface area contributed by atoms with Gasteiger partial charge in [0.1, 0.15) is 0 Å². The molecule has 2 nitrogen and oxygen atoms in total. The predicted octanol–water partition coefficient (Wildman–Crippen LogP) is 4.10. The van der Waals surface area contributed by atoms with Crippen LogP contribution in [0.25, 0.3) is 0 Å². The largest absolute Gasteiger partial charge is 0.349 e. The second kappa shape index (κ2) is 7.57. The van der Waals surface area contributed by atoms with E-state index in [2.05, 4.69) is 42.0 Å². The van der Waals surface area contributed by atoms with Gasteiger partial charge in [-0.25, -0.2) is 0 Å². The van der Waals surface area contributed by atoms with Crippen LogP contribution in [0, 0.1) is 0 Å². The number of hydrogen-bond acceptors (Lipinski definition) is 1. The van der Waals surface area contributed by atoms with Crippen molar-refractivity contribution in [1.29, 1.82) is 0 Å². The summed E-state index contributed by atoms with van der Waals surface area (Å²) in [4.78, 5) is 12.0. The summed E-state index contributed by atoms with van der Waals surface area (Å²) in [5.74, 6) is 0.525. The van der Waals surface area contributed by atoms with Gasteiger partial charge < -0.3 is 5.32 Å². The van der Waals surface area contributed by atoms with Gasteiger partial charge in [0.05, 0.1) is 0 Å². The Labute approximate surface area is 118 Å². The topological polar surface area (TPSA) is 29.1 Å². The maximum absolute atomic E-state index is 12.0. The predicted molar refractivity (Wildman–Crippen MR) is 80.5 cm³/mol. The molecule has 1 atom stereocenters. The summed E-state index contributed by atoms with van der Waals surface area (Å²) in [5.41, 5.74) is 2.01. The Bertz CT molecular complexity index is 373. The lowest BCUT2D eigenvalue weighted by atomic mass is 10.0. The molecule has 1 aromatic carbocycles. The number of amides is 1. The van der Waals surface area contributed by atoms with Crippen molar-refractivity contribution < 1.29 is 4.79 Å². The molecule has 0 saturated heterocycles. The summed E-state index contributed by atoms with van der Waals surface area (Å²) in [6.45, 7) is 6.39. The number of carbonyl (C=O) groups is 1. The molecule has 1 aromatic rings. The van der Waals surface area contributed by atoms with Crippen LogP contribution in [0.5, 0.6) is 0 Å². The van der Waals surface area contributed by atoms with Gasteiger partial charge >= 0.3 is 0 Å². The van der Waals surface area contributed by atoms with Gasteiger partial charge in [-0.2, -0.15) is 0 Å². The van der Waals surface area contributed by atoms with Crippen molar-refractivity contribution in [1.82, 2.24) is 5.32 Å². The zero-order valence-corrected chi connectivity index (χ0v) is 13.0. The number of halogens is 1. The van der Waals surface area contributed by atoms with Gasteiger partial charge in [-0.15, -0.1) is 0 Å². The highest BCUT2D eigenvalue weighted by Crippen LogP contribution is 2.15. The van der Waals surface area contributed by atoms with Crippen LogP contribution in [-0.2, 0) is 0 Å². The first kappa shape index (κ1) is 15.2. The average Bonchev–Trinajstić information content (AvgIpc) is 2.38. The van der Waals surface area contributed by atoms with E-state index in [0.717, 1.165) is 23.7 Å². The van der Waals surface area contributed by atoms with Crippen LogP contribution < -0.4 is 5.32 Å². The number of benzene rings is 1. The Morgan fingerprint density at radius 3 is 2.33 bits per heavy atom. The molecule has 0 spiro atoms. The molecule has 1 N–H and O–H groups in total. The summed E-state index contributed by atoms with van der Waals surface area (Å²) in [6.07, 6.45) is 1.92. The molecule has 0 aliphatic rings. The van der Waals surface area contributed by atoms with E-state index in [1.165, 1.54) is 5.56 Å². The molecular formula is C15H22BrNO. The highest BCUT2D eigenvalue weighted by molar-refractivity contribution is 9.09. The van der Waals surface area contributed by atoms with Crippen molar-refractivity contribution in [2.24, 2.45) is 0 Å². The third-order valence-electron chi connectivity index (χ3n) is 3.13. The second-order valence-corrected chi connectivity index (χ2v) is 5.63. The van der Waals surface area contributed by atoms with Gasteiger partial charge in [-0.1, -0.05) is 48.8 Å². The number of alkyl halides is 1. The minimum Gasteiger partial charge on any atom is -0.349 e. The van der Waals surface area contributed by atoms with E-state index in [0.29, 0.717) is 5.92 Å². The van der Waals surface area contributed by atoms with Gasteiger partial charge in [0.15, 0.2) is 0 Å². The maximum atomic E-state index is 12.0. The van der Waals surface area contributed by atoms with Crippen LogP contribution in [0.15, 0.2) is 24.3 Å². The van der Waals surface area contributed by atoms with Crippen LogP contribution in [0.3, 0.4) is 0 Å². The van der Waals surface area contributed by atoms with Gasteiger partial charge in [0, 0.05) is 16.9 Å². The Hall–Kier alpha value is -0.830. The summed E-state index contributed by atoms with van der Waals surface area (Å²) in [6, 6.07) is 8.13. The van der Waals surface area contributed by atoms with Crippen molar-refractivity contribution in [3.05, 3.63) is 35.4 Å². The number of hydrogen-bond donors (Lipinski definition) is 1. The third-order valence-corrected chi connectivity index (χ3v) is 3.58. The van der Waals surface area contributed by atoms with E-state index in [1.807, 2.05) is 24.3 Å². The van der Waals surface area contributed by atoms with Gasteiger partial charge in [0.25, 0.3) is 5.91 Å². The molecule has 0 aliphatic carbocycles. The number of carbonyl (C=O) groups excluding carboxylic acids is 1. The molecule has 1 amide bonds. The summed E-state index contributed by atoms with van der Waals surface area (Å²) >= 11 is 3.41. The summed E-state index contributed by atoms with van der Waals surface area (Å²) in [5, 5.41) is 3.98. The van der Waals surface area contributed by atoms with Crippen molar-refractivity contribution in [3.8, 4) is 0 Å². The lowest BCUT2D eigenvalue weighted by molar-refractivity contribution is 0.0935. The molecule has 18 heavy (non-hydrogen) atoms. The number of rotatable bonds is 6. The van der Waals surface area contributed by atoms with E-state index in [1.54, 1.807) is 0 Å². The molecule has 0 aliphatic heterocycles. The molecule has 0 heterocycles. The maximum Gasteiger partial charge on any atom is 0.251 e. The Kier molecular flexibility index (Phi) is 6.41. The van der Waals surface area contributed by atoms with Crippen molar-refractivity contribution >= 4 is 21.8 Å². The monoisotopic (exact) mass is 311 g/mol. The SMILES string of the molecule is CCC(CCBr)NC(=O)c1ccc(C(C)C)cc1. The fraction of sp³-hybridized carbons (Fsp3) is 0.533. The van der Waals surface area contributed by atoms with Crippen LogP contribution in [0.4, 0.5) is 0 Å². The molecule has 0 radical (unpaired) electrons. The normalized spacial score (nSPS) is 12.5. The number of nitrogens with one attached hydrogen (secondary N) is 1. The van der Waals surface area contributed by atoms with E-state index in [4.69, 9.17) is 0 Å². The zero-order chi connectivity index (χ0) is 13.5. The quantitative estimate of drug-likeness (QED) is 0.787. The van der Waals surface area contributed by atoms with Crippen molar-refractivity contribution in [3.63, 3.8) is 0 Å². The lowest BCUT2D eigenvalue weighted by Crippen LogP contribution is -2.34. The highest BCUT2D eigenvalue weighted by atomic mass is 79.9. The minimum atomic E-state index is 0.0260. The Balaban J connectivity index is 2.66. The third kappa shape index (κ3) is 4.45. The summed E-state index contributed by atoms with van der Waals surface area (Å²) < 4.78 is 0. The molecule has 100 valence electrons. The molecule has 0 aromatic heterocycles. The van der Waals surface area contributed by atoms with E-state index in [9.17, 15) is 4.79 Å². The first-order chi connectivity index (χ1) is 8.58. The van der Waals surface area contributed by atoms with Gasteiger partial charge in [-0.3, -0.25) is 4.79 Å². The fourth-order valence-electron chi connectivity index (χ4n) is 1.80. The van der Waals surface area contributed by atoms with Crippen LogP contribution >= 0.6 is 15.9 Å². The minimum absolute atomic E-state index is 0.0260. The standard InChI is InChI=1S/C15H22BrNO/c1-4-14(9-10-16)17-15(18)13-7-5-12(6-8-13)11(2)3/h5-8,11,14H,4,9-10H2,1-3H3,(H,17,18). The molecule has 0 bridgehead atoms. The first-order valence-electron chi connectivity index (χ1n) is 6.55. The molecule has 0 saturated carbocycles. The Morgan fingerprint density at radius 2 is 1.89 bits per heavy atom. The smallest absolute Gasteiger partial charge is 0.251 e. The summed E-state index contributed by atoms with van der Waals surface area (Å²) in [7, 11) is 0. The van der Waals surface area contributed by atoms with E-state index in [-0.39, 0.29) is 11.9 Å². The molecule has 0 fully saturated rings. The van der Waals surface area contributed by atoms with Crippen LogP contribution in [0.1, 0.15) is 55.5 Å². The fourth-order valence-corrected chi connectivity index (χ4v) is 2.35. The van der Waals surface area contributed by atoms with Gasteiger partial charge in [-0.05, 0) is 36.5 Å². The molecular weight excluding hydrogens is 290 g/mol.